The minimum absolute atomic E-state index is 0.242. The molecule has 5 heteroatoms. The number of nitrogens with zero attached hydrogens (tertiary/aromatic N) is 2. The fourth-order valence-electron chi connectivity index (χ4n) is 0.817. The van der Waals surface area contributed by atoms with Crippen LogP contribution >= 0.6 is 15.9 Å². The topological polar surface area (TPSA) is 49.0 Å². The molecule has 0 aliphatic carbocycles. The summed E-state index contributed by atoms with van der Waals surface area (Å²) in [4.78, 5) is 21.9. The number of hydrogen-bond donors (Lipinski definition) is 1. The van der Waals surface area contributed by atoms with Gasteiger partial charge in [-0.15, -0.1) is 0 Å². The minimum Gasteiger partial charge on any atom is -0.347 e. The molecule has 0 unspecified atom stereocenters. The highest BCUT2D eigenvalue weighted by molar-refractivity contribution is 9.12. The van der Waals surface area contributed by atoms with Gasteiger partial charge in [0.15, 0.2) is 0 Å². The third-order valence-electron chi connectivity index (χ3n) is 1.44. The van der Waals surface area contributed by atoms with Crippen LogP contribution in [-0.2, 0) is 11.3 Å². The smallest absolute Gasteiger partial charge is 0.299 e. The van der Waals surface area contributed by atoms with Gasteiger partial charge in [-0.2, -0.15) is 0 Å². The molecule has 0 atom stereocenters. The average molecular weight is 242 g/mol. The highest BCUT2D eigenvalue weighted by atomic mass is 79.9. The summed E-state index contributed by atoms with van der Waals surface area (Å²) in [5, 5.41) is 0. The molecule has 68 valence electrons. The van der Waals surface area contributed by atoms with Crippen molar-refractivity contribution >= 4 is 21.8 Å². The van der Waals surface area contributed by atoms with Gasteiger partial charge in [0.2, 0.25) is 0 Å². The van der Waals surface area contributed by atoms with Crippen LogP contribution in [0.15, 0.2) is 12.4 Å². The first-order chi connectivity index (χ1) is 6.24. The molecule has 0 fully saturated rings. The van der Waals surface area contributed by atoms with Crippen LogP contribution in [-0.4, -0.2) is 27.8 Å². The summed E-state index contributed by atoms with van der Waals surface area (Å²) >= 11 is 2.86. The normalized spacial score (nSPS) is 8.77. The summed E-state index contributed by atoms with van der Waals surface area (Å²) in [6.07, 6.45) is 3.35. The van der Waals surface area contributed by atoms with E-state index in [1.165, 1.54) is 4.90 Å². The fraction of sp³-hybridized carbons (Fsp3) is 0.250. The van der Waals surface area contributed by atoms with Crippen LogP contribution in [0.3, 0.4) is 0 Å². The quantitative estimate of drug-likeness (QED) is 0.777. The number of aromatic nitrogens is 2. The Morgan fingerprint density at radius 3 is 3.15 bits per heavy atom. The predicted octanol–water partition coefficient (Wildman–Crippen LogP) is 0.724. The first-order valence-corrected chi connectivity index (χ1v) is 4.38. The summed E-state index contributed by atoms with van der Waals surface area (Å²) in [5.74, 6) is 2.87. The van der Waals surface area contributed by atoms with E-state index in [1.807, 2.05) is 0 Å². The second-order valence-electron chi connectivity index (χ2n) is 2.42. The van der Waals surface area contributed by atoms with Crippen molar-refractivity contribution in [3.8, 4) is 10.8 Å². The van der Waals surface area contributed by atoms with Crippen molar-refractivity contribution in [3.05, 3.63) is 18.2 Å². The van der Waals surface area contributed by atoms with E-state index in [0.717, 1.165) is 5.82 Å². The maximum absolute atomic E-state index is 11.1. The molecule has 1 rings (SSSR count). The van der Waals surface area contributed by atoms with Crippen molar-refractivity contribution < 1.29 is 4.79 Å². The van der Waals surface area contributed by atoms with Gasteiger partial charge in [0.25, 0.3) is 5.91 Å². The number of hydrogen-bond acceptors (Lipinski definition) is 2. The second-order valence-corrected chi connectivity index (χ2v) is 2.81. The second kappa shape index (κ2) is 4.67. The Balaban J connectivity index is 2.54. The van der Waals surface area contributed by atoms with Gasteiger partial charge >= 0.3 is 0 Å². The molecule has 0 aliphatic heterocycles. The van der Waals surface area contributed by atoms with Gasteiger partial charge in [-0.25, -0.2) is 4.98 Å². The highest BCUT2D eigenvalue weighted by Crippen LogP contribution is 1.95. The van der Waals surface area contributed by atoms with Crippen LogP contribution < -0.4 is 0 Å². The summed E-state index contributed by atoms with van der Waals surface area (Å²) < 4.78 is 0. The number of carbonyl (C=O) groups excluding carboxylic acids is 1. The van der Waals surface area contributed by atoms with E-state index >= 15 is 0 Å². The zero-order valence-electron chi connectivity index (χ0n) is 7.04. The maximum Gasteiger partial charge on any atom is 0.299 e. The summed E-state index contributed by atoms with van der Waals surface area (Å²) in [6, 6.07) is 0. The van der Waals surface area contributed by atoms with Crippen molar-refractivity contribution in [1.29, 1.82) is 0 Å². The first-order valence-electron chi connectivity index (χ1n) is 3.59. The average Bonchev–Trinajstić information content (AvgIpc) is 2.57. The molecule has 0 bridgehead atoms. The standard InChI is InChI=1S/C8H8BrN3O/c1-12(8(13)2-3-9)6-7-10-4-5-11-7/h4-5H,6H2,1H3,(H,10,11). The fourth-order valence-corrected chi connectivity index (χ4v) is 0.986. The summed E-state index contributed by atoms with van der Waals surface area (Å²) in [5.41, 5.74) is 0. The molecule has 0 spiro atoms. The molecule has 0 saturated carbocycles. The molecular weight excluding hydrogens is 234 g/mol. The van der Waals surface area contributed by atoms with E-state index < -0.39 is 0 Å². The Hall–Kier alpha value is -1.28. The van der Waals surface area contributed by atoms with Crippen molar-refractivity contribution in [2.24, 2.45) is 0 Å². The monoisotopic (exact) mass is 241 g/mol. The lowest BCUT2D eigenvalue weighted by molar-refractivity contribution is -0.124. The Kier molecular flexibility index (Phi) is 3.53. The number of carbonyl (C=O) groups is 1. The minimum atomic E-state index is -0.242. The van der Waals surface area contributed by atoms with Crippen molar-refractivity contribution in [1.82, 2.24) is 14.9 Å². The molecule has 1 heterocycles. The van der Waals surface area contributed by atoms with Crippen LogP contribution in [0, 0.1) is 10.8 Å². The van der Waals surface area contributed by atoms with Crippen LogP contribution in [0.4, 0.5) is 0 Å². The molecule has 13 heavy (non-hydrogen) atoms. The lowest BCUT2D eigenvalue weighted by atomic mass is 10.5. The molecule has 1 aromatic rings. The van der Waals surface area contributed by atoms with E-state index in [-0.39, 0.29) is 5.91 Å². The zero-order valence-corrected chi connectivity index (χ0v) is 8.63. The molecule has 0 aliphatic rings. The Bertz CT molecular complexity index is 336. The van der Waals surface area contributed by atoms with Crippen molar-refractivity contribution in [3.63, 3.8) is 0 Å². The number of imidazole rings is 1. The molecule has 0 aromatic carbocycles. The number of aromatic amines is 1. The number of rotatable bonds is 2. The molecule has 0 saturated heterocycles. The predicted molar refractivity (Wildman–Crippen MR) is 51.8 cm³/mol. The Labute approximate surface area is 84.5 Å². The third kappa shape index (κ3) is 2.92. The number of amides is 1. The van der Waals surface area contributed by atoms with Gasteiger partial charge in [-0.05, 0) is 4.83 Å². The summed E-state index contributed by atoms with van der Waals surface area (Å²) in [6.45, 7) is 0.438. The third-order valence-corrected chi connectivity index (χ3v) is 1.64. The van der Waals surface area contributed by atoms with E-state index in [9.17, 15) is 4.79 Å². The SMILES string of the molecule is CN(Cc1ncc[nH]1)C(=O)C#CBr. The van der Waals surface area contributed by atoms with Gasteiger partial charge in [0, 0.05) is 41.3 Å². The van der Waals surface area contributed by atoms with Crippen LogP contribution in [0.5, 0.6) is 0 Å². The van der Waals surface area contributed by atoms with Gasteiger partial charge in [-0.3, -0.25) is 4.79 Å². The van der Waals surface area contributed by atoms with E-state index in [4.69, 9.17) is 0 Å². The van der Waals surface area contributed by atoms with Gasteiger partial charge in [0.05, 0.1) is 6.54 Å². The van der Waals surface area contributed by atoms with E-state index in [1.54, 1.807) is 19.4 Å². The van der Waals surface area contributed by atoms with Crippen LogP contribution in [0.1, 0.15) is 5.82 Å². The zero-order chi connectivity index (χ0) is 9.68. The largest absolute Gasteiger partial charge is 0.347 e. The lowest BCUT2D eigenvalue weighted by Crippen LogP contribution is -2.25. The van der Waals surface area contributed by atoms with E-state index in [0.29, 0.717) is 6.54 Å². The molecule has 0 radical (unpaired) electrons. The van der Waals surface area contributed by atoms with Gasteiger partial charge < -0.3 is 9.88 Å². The molecular formula is C8H8BrN3O. The number of nitrogens with one attached hydrogen (secondary N) is 1. The number of halogens is 1. The summed E-state index contributed by atoms with van der Waals surface area (Å²) in [7, 11) is 1.67. The molecule has 1 amide bonds. The van der Waals surface area contributed by atoms with Crippen LogP contribution in [0.25, 0.3) is 0 Å². The molecule has 1 N–H and O–H groups in total. The van der Waals surface area contributed by atoms with Crippen molar-refractivity contribution in [2.75, 3.05) is 7.05 Å². The lowest BCUT2D eigenvalue weighted by Gasteiger charge is -2.10. The van der Waals surface area contributed by atoms with Crippen molar-refractivity contribution in [2.45, 2.75) is 6.54 Å². The maximum atomic E-state index is 11.1. The Morgan fingerprint density at radius 2 is 2.62 bits per heavy atom. The molecule has 1 aromatic heterocycles. The van der Waals surface area contributed by atoms with Gasteiger partial charge in [-0.1, -0.05) is 0 Å². The Morgan fingerprint density at radius 1 is 1.85 bits per heavy atom. The van der Waals surface area contributed by atoms with E-state index in [2.05, 4.69) is 36.6 Å². The van der Waals surface area contributed by atoms with Crippen LogP contribution in [0.2, 0.25) is 0 Å². The number of H-pyrrole nitrogens is 1. The first kappa shape index (κ1) is 9.81. The molecule has 4 nitrogen and oxygen atoms in total. The van der Waals surface area contributed by atoms with Gasteiger partial charge in [0.1, 0.15) is 5.82 Å². The highest BCUT2D eigenvalue weighted by Gasteiger charge is 2.06.